The number of hydrazone groups is 1. The highest BCUT2D eigenvalue weighted by Gasteiger charge is 2.32. The van der Waals surface area contributed by atoms with E-state index in [0.717, 1.165) is 65.7 Å². The number of anilines is 1. The molecular weight excluding hydrogens is 502 g/mol. The van der Waals surface area contributed by atoms with Crippen molar-refractivity contribution >= 4 is 23.5 Å². The smallest absolute Gasteiger partial charge is 0.303 e. The van der Waals surface area contributed by atoms with Gasteiger partial charge in [0.25, 0.3) is 0 Å². The van der Waals surface area contributed by atoms with Crippen molar-refractivity contribution in [2.24, 2.45) is 11.0 Å². The Morgan fingerprint density at radius 3 is 2.50 bits per heavy atom. The van der Waals surface area contributed by atoms with Crippen LogP contribution in [0.25, 0.3) is 0 Å². The number of carboxylic acids is 1. The largest absolute Gasteiger partial charge is 0.481 e. The number of carbonyl (C=O) groups is 2. The second-order valence-electron chi connectivity index (χ2n) is 10.7. The number of hydrogen-bond acceptors (Lipinski definition) is 5. The van der Waals surface area contributed by atoms with Gasteiger partial charge in [-0.1, -0.05) is 67.4 Å². The van der Waals surface area contributed by atoms with E-state index >= 15 is 0 Å². The number of nitrogens with one attached hydrogen (secondary N) is 1. The number of carboxylic acid groups (broad SMARTS) is 1. The SMILES string of the molecule is Cc1c(CCC(=O)O)cccc1NC(=O)C(c1ccc(CN2CCOC(c3ccccc3)=N2)cc1)C1CCCC1. The first-order valence-electron chi connectivity index (χ1n) is 14.2. The fraction of sp³-hybridized carbons (Fsp3) is 0.364. The number of rotatable bonds is 10. The standard InChI is InChI=1S/C33H37N3O4/c1-23-25(18-19-30(37)38)12-7-13-29(23)34-32(39)31(26-8-5-6-9-26)27-16-14-24(15-17-27)22-36-20-21-40-33(35-36)28-10-3-2-4-11-28/h2-4,7,10-17,26,31H,5-6,8-9,18-22H2,1H3,(H,34,39)(H,37,38). The van der Waals surface area contributed by atoms with Gasteiger partial charge in [0.15, 0.2) is 0 Å². The Morgan fingerprint density at radius 1 is 1.02 bits per heavy atom. The number of nitrogens with zero attached hydrogens (tertiary/aromatic N) is 2. The van der Waals surface area contributed by atoms with Crippen LogP contribution < -0.4 is 5.32 Å². The van der Waals surface area contributed by atoms with Gasteiger partial charge >= 0.3 is 5.97 Å². The maximum absolute atomic E-state index is 13.8. The molecule has 1 saturated carbocycles. The molecule has 5 rings (SSSR count). The summed E-state index contributed by atoms with van der Waals surface area (Å²) in [6.45, 7) is 3.93. The van der Waals surface area contributed by atoms with Crippen molar-refractivity contribution in [2.45, 2.75) is 57.9 Å². The Bertz CT molecular complexity index is 1350. The van der Waals surface area contributed by atoms with E-state index in [2.05, 4.69) is 29.6 Å². The van der Waals surface area contributed by atoms with Crippen LogP contribution in [-0.2, 0) is 27.3 Å². The first-order valence-corrected chi connectivity index (χ1v) is 14.2. The minimum absolute atomic E-state index is 0.00316. The van der Waals surface area contributed by atoms with E-state index in [1.165, 1.54) is 0 Å². The Kier molecular flexibility index (Phi) is 8.79. The van der Waals surface area contributed by atoms with E-state index in [1.54, 1.807) is 0 Å². The molecule has 0 aromatic heterocycles. The molecule has 3 aromatic rings. The van der Waals surface area contributed by atoms with E-state index in [0.29, 0.717) is 31.4 Å². The highest BCUT2D eigenvalue weighted by molar-refractivity contribution is 5.97. The third-order valence-electron chi connectivity index (χ3n) is 8.01. The van der Waals surface area contributed by atoms with Crippen molar-refractivity contribution in [1.82, 2.24) is 5.01 Å². The zero-order chi connectivity index (χ0) is 27.9. The number of amides is 1. The summed E-state index contributed by atoms with van der Waals surface area (Å²) in [4.78, 5) is 24.8. The van der Waals surface area contributed by atoms with Gasteiger partial charge in [-0.3, -0.25) is 14.6 Å². The number of benzene rings is 3. The summed E-state index contributed by atoms with van der Waals surface area (Å²) >= 11 is 0. The highest BCUT2D eigenvalue weighted by atomic mass is 16.5. The monoisotopic (exact) mass is 539 g/mol. The fourth-order valence-electron chi connectivity index (χ4n) is 5.80. The first-order chi connectivity index (χ1) is 19.5. The maximum atomic E-state index is 13.8. The molecule has 0 spiro atoms. The topological polar surface area (TPSA) is 91.2 Å². The lowest BCUT2D eigenvalue weighted by Crippen LogP contribution is -2.31. The minimum atomic E-state index is -0.823. The van der Waals surface area contributed by atoms with Crippen LogP contribution in [0.5, 0.6) is 0 Å². The van der Waals surface area contributed by atoms with Gasteiger partial charge in [0.05, 0.1) is 19.0 Å². The lowest BCUT2D eigenvalue weighted by atomic mass is 9.83. The van der Waals surface area contributed by atoms with Gasteiger partial charge in [0.1, 0.15) is 6.61 Å². The van der Waals surface area contributed by atoms with Crippen LogP contribution >= 0.6 is 0 Å². The molecule has 7 heteroatoms. The number of hydrogen-bond donors (Lipinski definition) is 2. The molecule has 3 aromatic carbocycles. The fourth-order valence-corrected chi connectivity index (χ4v) is 5.80. The summed E-state index contributed by atoms with van der Waals surface area (Å²) in [7, 11) is 0. The molecule has 7 nitrogen and oxygen atoms in total. The first kappa shape index (κ1) is 27.4. The van der Waals surface area contributed by atoms with Crippen LogP contribution in [0.3, 0.4) is 0 Å². The third kappa shape index (κ3) is 6.71. The summed E-state index contributed by atoms with van der Waals surface area (Å²) in [5, 5.41) is 19.0. The molecule has 40 heavy (non-hydrogen) atoms. The molecule has 0 radical (unpaired) electrons. The van der Waals surface area contributed by atoms with Crippen molar-refractivity contribution in [3.05, 3.63) is 101 Å². The Labute approximate surface area is 235 Å². The van der Waals surface area contributed by atoms with E-state index < -0.39 is 5.97 Å². The minimum Gasteiger partial charge on any atom is -0.481 e. The quantitative estimate of drug-likeness (QED) is 0.324. The second-order valence-corrected chi connectivity index (χ2v) is 10.7. The average Bonchev–Trinajstić information content (AvgIpc) is 3.49. The summed E-state index contributed by atoms with van der Waals surface area (Å²) < 4.78 is 5.79. The average molecular weight is 540 g/mol. The summed E-state index contributed by atoms with van der Waals surface area (Å²) in [6.07, 6.45) is 4.89. The van der Waals surface area contributed by atoms with Crippen molar-refractivity contribution in [3.63, 3.8) is 0 Å². The molecule has 1 atom stereocenters. The second kappa shape index (κ2) is 12.8. The molecule has 208 valence electrons. The molecule has 0 bridgehead atoms. The zero-order valence-corrected chi connectivity index (χ0v) is 23.0. The van der Waals surface area contributed by atoms with E-state index in [1.807, 2.05) is 60.5 Å². The molecule has 0 saturated heterocycles. The Balaban J connectivity index is 1.31. The lowest BCUT2D eigenvalue weighted by Gasteiger charge is -2.26. The number of ether oxygens (including phenoxy) is 1. The van der Waals surface area contributed by atoms with Crippen LogP contribution in [0.2, 0.25) is 0 Å². The van der Waals surface area contributed by atoms with Crippen LogP contribution in [0.1, 0.15) is 65.8 Å². The highest BCUT2D eigenvalue weighted by Crippen LogP contribution is 2.38. The van der Waals surface area contributed by atoms with Gasteiger partial charge in [-0.2, -0.15) is 0 Å². The molecule has 1 aliphatic heterocycles. The van der Waals surface area contributed by atoms with E-state index in [-0.39, 0.29) is 18.2 Å². The van der Waals surface area contributed by atoms with Crippen LogP contribution in [0.15, 0.2) is 77.9 Å². The van der Waals surface area contributed by atoms with E-state index in [9.17, 15) is 9.59 Å². The molecule has 2 aliphatic rings. The Hall–Kier alpha value is -4.13. The molecule has 1 heterocycles. The predicted octanol–water partition coefficient (Wildman–Crippen LogP) is 6.12. The van der Waals surface area contributed by atoms with Crippen molar-refractivity contribution in [2.75, 3.05) is 18.5 Å². The molecule has 2 N–H and O–H groups in total. The molecule has 1 unspecified atom stereocenters. The number of aliphatic carboxylic acids is 1. The predicted molar refractivity (Wildman–Crippen MR) is 156 cm³/mol. The van der Waals surface area contributed by atoms with Crippen molar-refractivity contribution in [1.29, 1.82) is 0 Å². The van der Waals surface area contributed by atoms with E-state index in [4.69, 9.17) is 14.9 Å². The molecular formula is C33H37N3O4. The van der Waals surface area contributed by atoms with Gasteiger partial charge in [0.2, 0.25) is 11.8 Å². The van der Waals surface area contributed by atoms with Gasteiger partial charge in [-0.15, -0.1) is 5.10 Å². The van der Waals surface area contributed by atoms with Gasteiger partial charge < -0.3 is 15.2 Å². The number of aryl methyl sites for hydroxylation is 1. The lowest BCUT2D eigenvalue weighted by molar-refractivity contribution is -0.137. The zero-order valence-electron chi connectivity index (χ0n) is 23.0. The Morgan fingerprint density at radius 2 is 1.77 bits per heavy atom. The van der Waals surface area contributed by atoms with Crippen LogP contribution in [0.4, 0.5) is 5.69 Å². The van der Waals surface area contributed by atoms with Crippen LogP contribution in [-0.4, -0.2) is 41.0 Å². The van der Waals surface area contributed by atoms with Crippen molar-refractivity contribution in [3.8, 4) is 0 Å². The summed E-state index contributed by atoms with van der Waals surface area (Å²) in [5.74, 6) is -0.105. The molecule has 1 aliphatic carbocycles. The van der Waals surface area contributed by atoms with Gasteiger partial charge in [0, 0.05) is 17.7 Å². The summed E-state index contributed by atoms with van der Waals surface area (Å²) in [5.41, 5.74) is 5.77. The summed E-state index contributed by atoms with van der Waals surface area (Å²) in [6, 6.07) is 24.1. The number of carbonyl (C=O) groups excluding carboxylic acids is 1. The van der Waals surface area contributed by atoms with Gasteiger partial charge in [-0.05, 0) is 72.6 Å². The normalized spacial score (nSPS) is 16.2. The third-order valence-corrected chi connectivity index (χ3v) is 8.01. The van der Waals surface area contributed by atoms with Crippen molar-refractivity contribution < 1.29 is 19.4 Å². The van der Waals surface area contributed by atoms with Gasteiger partial charge in [-0.25, -0.2) is 0 Å². The molecule has 1 amide bonds. The van der Waals surface area contributed by atoms with Crippen LogP contribution in [0, 0.1) is 12.8 Å². The molecule has 1 fully saturated rings. The maximum Gasteiger partial charge on any atom is 0.303 e.